The number of hydrogen-bond acceptors (Lipinski definition) is 6. The maximum Gasteiger partial charge on any atom is 0.294 e. The van der Waals surface area contributed by atoms with Crippen LogP contribution in [0.15, 0.2) is 64.0 Å². The number of aryl methyl sites for hydroxylation is 1. The van der Waals surface area contributed by atoms with Crippen LogP contribution in [0.5, 0.6) is 11.5 Å². The molecule has 0 aliphatic carbocycles. The highest BCUT2D eigenvalue weighted by Gasteiger charge is 2.36. The van der Waals surface area contributed by atoms with Crippen molar-refractivity contribution in [1.82, 2.24) is 4.90 Å². The summed E-state index contributed by atoms with van der Waals surface area (Å²) in [5, 5.41) is 2.59. The van der Waals surface area contributed by atoms with E-state index in [9.17, 15) is 18.8 Å². The molecule has 3 aromatic carbocycles. The number of benzene rings is 3. The van der Waals surface area contributed by atoms with Gasteiger partial charge in [-0.15, -0.1) is 0 Å². The van der Waals surface area contributed by atoms with Gasteiger partial charge in [-0.25, -0.2) is 4.39 Å². The maximum atomic E-state index is 13.2. The van der Waals surface area contributed by atoms with Crippen molar-refractivity contribution in [2.24, 2.45) is 0 Å². The van der Waals surface area contributed by atoms with E-state index in [1.807, 2.05) is 13.8 Å². The van der Waals surface area contributed by atoms with Gasteiger partial charge >= 0.3 is 0 Å². The number of halogens is 3. The average Bonchev–Trinajstić information content (AvgIpc) is 3.14. The van der Waals surface area contributed by atoms with Gasteiger partial charge in [0.2, 0.25) is 5.91 Å². The summed E-state index contributed by atoms with van der Waals surface area (Å²) in [5.41, 5.74) is 2.69. The van der Waals surface area contributed by atoms with Crippen molar-refractivity contribution in [2.45, 2.75) is 20.5 Å². The number of nitrogens with one attached hydrogen (secondary N) is 1. The van der Waals surface area contributed by atoms with Crippen molar-refractivity contribution in [2.75, 3.05) is 18.5 Å². The summed E-state index contributed by atoms with van der Waals surface area (Å²) in [4.78, 5) is 39.1. The van der Waals surface area contributed by atoms with E-state index in [2.05, 4.69) is 21.2 Å². The minimum absolute atomic E-state index is 0.167. The molecule has 0 aromatic heterocycles. The average molecular weight is 634 g/mol. The Morgan fingerprint density at radius 1 is 1.13 bits per heavy atom. The van der Waals surface area contributed by atoms with Gasteiger partial charge in [0, 0.05) is 10.7 Å². The minimum atomic E-state index is -0.576. The maximum absolute atomic E-state index is 13.2. The lowest BCUT2D eigenvalue weighted by molar-refractivity contribution is -0.127. The molecule has 0 radical (unpaired) electrons. The molecule has 1 aliphatic rings. The molecule has 202 valence electrons. The van der Waals surface area contributed by atoms with Crippen molar-refractivity contribution >= 4 is 68.1 Å². The molecule has 0 spiro atoms. The molecule has 3 aromatic rings. The van der Waals surface area contributed by atoms with Gasteiger partial charge in [0.05, 0.1) is 16.0 Å². The molecule has 7 nitrogen and oxygen atoms in total. The molecular weight excluding hydrogens is 611 g/mol. The fourth-order valence-corrected chi connectivity index (χ4v) is 5.21. The Morgan fingerprint density at radius 3 is 2.56 bits per heavy atom. The van der Waals surface area contributed by atoms with Gasteiger partial charge in [-0.1, -0.05) is 29.8 Å². The third-order valence-corrected chi connectivity index (χ3v) is 7.46. The van der Waals surface area contributed by atoms with Crippen LogP contribution < -0.4 is 14.8 Å². The molecule has 0 bridgehead atoms. The zero-order valence-corrected chi connectivity index (χ0v) is 24.1. The van der Waals surface area contributed by atoms with Crippen LogP contribution in [-0.4, -0.2) is 35.1 Å². The van der Waals surface area contributed by atoms with Gasteiger partial charge < -0.3 is 14.8 Å². The van der Waals surface area contributed by atoms with Gasteiger partial charge in [0.1, 0.15) is 19.0 Å². The zero-order valence-electron chi connectivity index (χ0n) is 20.9. The smallest absolute Gasteiger partial charge is 0.294 e. The molecule has 0 unspecified atom stereocenters. The monoisotopic (exact) mass is 632 g/mol. The fraction of sp³-hybridized carbons (Fsp3) is 0.179. The summed E-state index contributed by atoms with van der Waals surface area (Å²) in [7, 11) is 0. The van der Waals surface area contributed by atoms with Gasteiger partial charge in [0.25, 0.3) is 11.1 Å². The van der Waals surface area contributed by atoms with Crippen molar-refractivity contribution in [1.29, 1.82) is 0 Å². The molecule has 1 fully saturated rings. The van der Waals surface area contributed by atoms with Crippen molar-refractivity contribution in [3.05, 3.63) is 91.5 Å². The standard InChI is InChI=1S/C28H23BrClFN2O5S/c1-3-37-23-11-18(10-21(29)26(23)38-15-17-5-7-19(31)8-6-17)12-24-27(35)33(28(36)39-24)14-25(34)32-20-9-4-16(2)22(30)13-20/h4-13H,3,14-15H2,1-2H3,(H,32,34)/b24-12-. The third kappa shape index (κ3) is 7.20. The molecule has 3 amide bonds. The number of ether oxygens (including phenoxy) is 2. The number of hydrogen-bond donors (Lipinski definition) is 1. The van der Waals surface area contributed by atoms with Crippen LogP contribution in [-0.2, 0) is 16.2 Å². The van der Waals surface area contributed by atoms with Crippen LogP contribution in [0.2, 0.25) is 5.02 Å². The number of thioether (sulfide) groups is 1. The number of amides is 3. The molecular formula is C28H23BrClFN2O5S. The Kier molecular flexibility index (Phi) is 9.32. The molecule has 0 atom stereocenters. The topological polar surface area (TPSA) is 84.9 Å². The summed E-state index contributed by atoms with van der Waals surface area (Å²) in [6.07, 6.45) is 1.56. The lowest BCUT2D eigenvalue weighted by Crippen LogP contribution is -2.36. The SMILES string of the molecule is CCOc1cc(/C=C2\SC(=O)N(CC(=O)Nc3ccc(C)c(Cl)c3)C2=O)cc(Br)c1OCc1ccc(F)cc1. The Bertz CT molecular complexity index is 1470. The van der Waals surface area contributed by atoms with Crippen molar-refractivity contribution < 1.29 is 28.2 Å². The summed E-state index contributed by atoms with van der Waals surface area (Å²) in [6.45, 7) is 3.78. The quantitative estimate of drug-likeness (QED) is 0.251. The Hall–Kier alpha value is -3.34. The van der Waals surface area contributed by atoms with E-state index in [1.54, 1.807) is 48.5 Å². The van der Waals surface area contributed by atoms with Crippen molar-refractivity contribution in [3.8, 4) is 11.5 Å². The highest BCUT2D eigenvalue weighted by molar-refractivity contribution is 9.10. The fourth-order valence-electron chi connectivity index (χ4n) is 3.61. The summed E-state index contributed by atoms with van der Waals surface area (Å²) in [5.74, 6) is -0.564. The predicted molar refractivity (Wildman–Crippen MR) is 154 cm³/mol. The number of rotatable bonds is 9. The molecule has 0 saturated carbocycles. The number of carbonyl (C=O) groups excluding carboxylic acids is 3. The van der Waals surface area contributed by atoms with E-state index in [0.717, 1.165) is 27.8 Å². The first-order valence-corrected chi connectivity index (χ1v) is 13.8. The first kappa shape index (κ1) is 28.7. The van der Waals surface area contributed by atoms with Gasteiger partial charge in [-0.05, 0) is 101 Å². The second-order valence-corrected chi connectivity index (χ2v) is 10.7. The van der Waals surface area contributed by atoms with Crippen molar-refractivity contribution in [3.63, 3.8) is 0 Å². The second kappa shape index (κ2) is 12.7. The molecule has 4 rings (SSSR count). The summed E-state index contributed by atoms with van der Waals surface area (Å²) >= 11 is 10.3. The van der Waals surface area contributed by atoms with E-state index in [0.29, 0.717) is 38.9 Å². The highest BCUT2D eigenvalue weighted by atomic mass is 79.9. The normalized spacial score (nSPS) is 14.2. The molecule has 1 saturated heterocycles. The lowest BCUT2D eigenvalue weighted by Gasteiger charge is -2.15. The summed E-state index contributed by atoms with van der Waals surface area (Å²) < 4.78 is 25.4. The molecule has 1 N–H and O–H groups in total. The second-order valence-electron chi connectivity index (χ2n) is 8.46. The molecule has 11 heteroatoms. The molecule has 39 heavy (non-hydrogen) atoms. The number of carbonyl (C=O) groups is 3. The first-order valence-electron chi connectivity index (χ1n) is 11.8. The Balaban J connectivity index is 1.48. The zero-order chi connectivity index (χ0) is 28.1. The van der Waals surface area contributed by atoms with E-state index in [4.69, 9.17) is 21.1 Å². The van der Waals surface area contributed by atoms with E-state index in [1.165, 1.54) is 12.1 Å². The Labute approximate surface area is 242 Å². The van der Waals surface area contributed by atoms with E-state index < -0.39 is 23.6 Å². The van der Waals surface area contributed by atoms with Crippen LogP contribution in [0.3, 0.4) is 0 Å². The van der Waals surface area contributed by atoms with E-state index >= 15 is 0 Å². The Morgan fingerprint density at radius 2 is 1.87 bits per heavy atom. The van der Waals surface area contributed by atoms with Crippen LogP contribution in [0.4, 0.5) is 14.9 Å². The number of imide groups is 1. The van der Waals surface area contributed by atoms with Gasteiger partial charge in [-0.3, -0.25) is 19.3 Å². The first-order chi connectivity index (χ1) is 18.6. The molecule has 1 heterocycles. The molecule has 1 aliphatic heterocycles. The lowest BCUT2D eigenvalue weighted by atomic mass is 10.1. The third-order valence-electron chi connectivity index (χ3n) is 5.56. The van der Waals surface area contributed by atoms with Crippen LogP contribution in [0.25, 0.3) is 6.08 Å². The van der Waals surface area contributed by atoms with Gasteiger partial charge in [-0.2, -0.15) is 0 Å². The largest absolute Gasteiger partial charge is 0.490 e. The summed E-state index contributed by atoms with van der Waals surface area (Å²) in [6, 6.07) is 14.4. The van der Waals surface area contributed by atoms with Crippen LogP contribution in [0, 0.1) is 12.7 Å². The van der Waals surface area contributed by atoms with E-state index in [-0.39, 0.29) is 17.3 Å². The highest BCUT2D eigenvalue weighted by Crippen LogP contribution is 2.39. The number of anilines is 1. The van der Waals surface area contributed by atoms with Gasteiger partial charge in [0.15, 0.2) is 11.5 Å². The number of nitrogens with zero attached hydrogens (tertiary/aromatic N) is 1. The van der Waals surface area contributed by atoms with Crippen LogP contribution >= 0.6 is 39.3 Å². The predicted octanol–water partition coefficient (Wildman–Crippen LogP) is 7.20. The minimum Gasteiger partial charge on any atom is -0.490 e. The van der Waals surface area contributed by atoms with Crippen LogP contribution in [0.1, 0.15) is 23.6 Å².